The Bertz CT molecular complexity index is 842. The molecule has 7 nitrogen and oxygen atoms in total. The number of benzene rings is 1. The molecule has 2 aromatic rings. The van der Waals surface area contributed by atoms with E-state index in [4.69, 9.17) is 4.42 Å². The molecule has 0 saturated heterocycles. The van der Waals surface area contributed by atoms with Gasteiger partial charge >= 0.3 is 0 Å². The third-order valence-electron chi connectivity index (χ3n) is 5.12. The van der Waals surface area contributed by atoms with Crippen molar-refractivity contribution >= 4 is 23.4 Å². The molecule has 3 rings (SSSR count). The van der Waals surface area contributed by atoms with Crippen molar-refractivity contribution in [3.8, 4) is 0 Å². The highest BCUT2D eigenvalue weighted by Crippen LogP contribution is 2.20. The molecule has 0 radical (unpaired) electrons. The average Bonchev–Trinajstić information content (AvgIpc) is 3.26. The summed E-state index contributed by atoms with van der Waals surface area (Å²) in [4.78, 5) is 39.0. The van der Waals surface area contributed by atoms with Gasteiger partial charge in [-0.3, -0.25) is 14.4 Å². The van der Waals surface area contributed by atoms with Crippen LogP contribution in [0.25, 0.3) is 0 Å². The van der Waals surface area contributed by atoms with E-state index in [1.807, 2.05) is 25.1 Å². The Kier molecular flexibility index (Phi) is 7.05. The van der Waals surface area contributed by atoms with Gasteiger partial charge in [0.25, 0.3) is 5.91 Å². The molecule has 0 unspecified atom stereocenters. The van der Waals surface area contributed by atoms with Crippen molar-refractivity contribution in [3.05, 3.63) is 54.0 Å². The minimum atomic E-state index is -0.472. The van der Waals surface area contributed by atoms with Crippen molar-refractivity contribution in [2.45, 2.75) is 45.1 Å². The second-order valence-corrected chi connectivity index (χ2v) is 7.33. The van der Waals surface area contributed by atoms with Crippen LogP contribution in [-0.2, 0) is 9.59 Å². The van der Waals surface area contributed by atoms with E-state index >= 15 is 0 Å². The van der Waals surface area contributed by atoms with Crippen molar-refractivity contribution in [1.29, 1.82) is 0 Å². The maximum atomic E-state index is 12.9. The number of carbonyl (C=O) groups is 3. The fraction of sp³-hybridized carbons (Fsp3) is 0.409. The summed E-state index contributed by atoms with van der Waals surface area (Å²) in [6.07, 6.45) is 6.78. The van der Waals surface area contributed by atoms with Gasteiger partial charge in [0.2, 0.25) is 11.8 Å². The lowest BCUT2D eigenvalue weighted by molar-refractivity contribution is -0.124. The summed E-state index contributed by atoms with van der Waals surface area (Å²) < 4.78 is 5.04. The van der Waals surface area contributed by atoms with Gasteiger partial charge in [-0.1, -0.05) is 37.5 Å². The largest absolute Gasteiger partial charge is 0.459 e. The quantitative estimate of drug-likeness (QED) is 0.752. The Hall–Kier alpha value is -3.09. The second-order valence-electron chi connectivity index (χ2n) is 7.33. The summed E-state index contributed by atoms with van der Waals surface area (Å²) in [5, 5.41) is 5.60. The van der Waals surface area contributed by atoms with Gasteiger partial charge in [0.1, 0.15) is 6.54 Å². The van der Waals surface area contributed by atoms with E-state index in [9.17, 15) is 14.4 Å². The number of hydrogen-bond acceptors (Lipinski definition) is 4. The maximum Gasteiger partial charge on any atom is 0.287 e. The van der Waals surface area contributed by atoms with E-state index in [1.54, 1.807) is 12.1 Å². The molecule has 1 fully saturated rings. The minimum Gasteiger partial charge on any atom is -0.459 e. The Morgan fingerprint density at radius 3 is 2.52 bits per heavy atom. The normalized spacial score (nSPS) is 14.2. The molecule has 0 atom stereocenters. The zero-order valence-electron chi connectivity index (χ0n) is 16.6. The number of para-hydroxylation sites is 1. The first-order chi connectivity index (χ1) is 14.0. The number of anilines is 1. The van der Waals surface area contributed by atoms with Crippen LogP contribution in [0.5, 0.6) is 0 Å². The molecule has 7 heteroatoms. The molecule has 2 N–H and O–H groups in total. The van der Waals surface area contributed by atoms with Crippen molar-refractivity contribution in [1.82, 2.24) is 10.6 Å². The number of furan rings is 1. The molecule has 154 valence electrons. The number of rotatable bonds is 7. The summed E-state index contributed by atoms with van der Waals surface area (Å²) in [7, 11) is 0. The SMILES string of the molecule is Cc1ccccc1N(CC(=O)NC1CCCCC1)C(=O)CNC(=O)c1ccco1. The zero-order valence-corrected chi connectivity index (χ0v) is 16.6. The van der Waals surface area contributed by atoms with Crippen molar-refractivity contribution in [2.24, 2.45) is 0 Å². The van der Waals surface area contributed by atoms with Gasteiger partial charge in [-0.2, -0.15) is 0 Å². The van der Waals surface area contributed by atoms with E-state index < -0.39 is 5.91 Å². The van der Waals surface area contributed by atoms with Crippen LogP contribution in [0.1, 0.15) is 48.2 Å². The van der Waals surface area contributed by atoms with Gasteiger partial charge in [-0.25, -0.2) is 0 Å². The van der Waals surface area contributed by atoms with E-state index in [0.717, 1.165) is 31.2 Å². The molecule has 29 heavy (non-hydrogen) atoms. The molecule has 1 aliphatic rings. The lowest BCUT2D eigenvalue weighted by Crippen LogP contribution is -2.47. The Morgan fingerprint density at radius 1 is 1.07 bits per heavy atom. The summed E-state index contributed by atoms with van der Waals surface area (Å²) >= 11 is 0. The highest BCUT2D eigenvalue weighted by Gasteiger charge is 2.23. The molecule has 1 saturated carbocycles. The first-order valence-corrected chi connectivity index (χ1v) is 10.0. The molecule has 0 bridgehead atoms. The van der Waals surface area contributed by atoms with Gasteiger partial charge in [0, 0.05) is 11.7 Å². The van der Waals surface area contributed by atoms with Crippen LogP contribution in [0.2, 0.25) is 0 Å². The van der Waals surface area contributed by atoms with Crippen LogP contribution in [0.3, 0.4) is 0 Å². The highest BCUT2D eigenvalue weighted by atomic mass is 16.3. The van der Waals surface area contributed by atoms with E-state index in [1.165, 1.54) is 23.7 Å². The van der Waals surface area contributed by atoms with E-state index in [2.05, 4.69) is 10.6 Å². The smallest absolute Gasteiger partial charge is 0.287 e. The number of nitrogens with zero attached hydrogens (tertiary/aromatic N) is 1. The fourth-order valence-corrected chi connectivity index (χ4v) is 3.58. The molecule has 1 heterocycles. The lowest BCUT2D eigenvalue weighted by atomic mass is 9.95. The summed E-state index contributed by atoms with van der Waals surface area (Å²) in [5.74, 6) is -0.890. The Balaban J connectivity index is 1.67. The number of nitrogens with one attached hydrogen (secondary N) is 2. The summed E-state index contributed by atoms with van der Waals surface area (Å²) in [6.45, 7) is 1.57. The third kappa shape index (κ3) is 5.70. The standard InChI is InChI=1S/C22H27N3O4/c1-16-8-5-6-11-18(16)25(15-20(26)24-17-9-3-2-4-10-17)21(27)14-23-22(28)19-12-7-13-29-19/h5-8,11-13,17H,2-4,9-10,14-15H2,1H3,(H,23,28)(H,24,26). The molecular weight excluding hydrogens is 370 g/mol. The van der Waals surface area contributed by atoms with E-state index in [-0.39, 0.29) is 36.7 Å². The van der Waals surface area contributed by atoms with Crippen molar-refractivity contribution in [2.75, 3.05) is 18.0 Å². The predicted octanol–water partition coefficient (Wildman–Crippen LogP) is 2.80. The van der Waals surface area contributed by atoms with Gasteiger partial charge in [-0.05, 0) is 43.5 Å². The molecule has 1 aromatic heterocycles. The van der Waals surface area contributed by atoms with Crippen LogP contribution in [0.15, 0.2) is 47.1 Å². The maximum absolute atomic E-state index is 12.9. The molecule has 1 aliphatic carbocycles. The monoisotopic (exact) mass is 397 g/mol. The molecular formula is C22H27N3O4. The van der Waals surface area contributed by atoms with Crippen molar-refractivity contribution < 1.29 is 18.8 Å². The van der Waals surface area contributed by atoms with Crippen LogP contribution in [0, 0.1) is 6.92 Å². The first-order valence-electron chi connectivity index (χ1n) is 10.0. The first kappa shape index (κ1) is 20.6. The number of hydrogen-bond donors (Lipinski definition) is 2. The van der Waals surface area contributed by atoms with Crippen LogP contribution in [0.4, 0.5) is 5.69 Å². The number of amides is 3. The highest BCUT2D eigenvalue weighted by molar-refractivity contribution is 6.02. The van der Waals surface area contributed by atoms with Crippen LogP contribution >= 0.6 is 0 Å². The minimum absolute atomic E-state index is 0.0865. The van der Waals surface area contributed by atoms with Gasteiger partial charge < -0.3 is 20.0 Å². The molecule has 3 amide bonds. The van der Waals surface area contributed by atoms with Gasteiger partial charge in [-0.15, -0.1) is 0 Å². The van der Waals surface area contributed by atoms with Gasteiger partial charge in [0.15, 0.2) is 5.76 Å². The van der Waals surface area contributed by atoms with Crippen molar-refractivity contribution in [3.63, 3.8) is 0 Å². The lowest BCUT2D eigenvalue weighted by Gasteiger charge is -2.27. The number of carbonyl (C=O) groups excluding carboxylic acids is 3. The zero-order chi connectivity index (χ0) is 20.6. The van der Waals surface area contributed by atoms with Crippen LogP contribution in [-0.4, -0.2) is 36.9 Å². The Morgan fingerprint density at radius 2 is 1.83 bits per heavy atom. The molecule has 0 spiro atoms. The topological polar surface area (TPSA) is 91.7 Å². The number of aryl methyl sites for hydroxylation is 1. The molecule has 0 aliphatic heterocycles. The van der Waals surface area contributed by atoms with Crippen LogP contribution < -0.4 is 15.5 Å². The fourth-order valence-electron chi connectivity index (χ4n) is 3.58. The summed E-state index contributed by atoms with van der Waals surface area (Å²) in [6, 6.07) is 10.7. The Labute approximate surface area is 170 Å². The predicted molar refractivity (Wildman–Crippen MR) is 110 cm³/mol. The third-order valence-corrected chi connectivity index (χ3v) is 5.12. The second kappa shape index (κ2) is 9.91. The van der Waals surface area contributed by atoms with Gasteiger partial charge in [0.05, 0.1) is 12.8 Å². The molecule has 1 aromatic carbocycles. The summed E-state index contributed by atoms with van der Waals surface area (Å²) in [5.41, 5.74) is 1.53. The average molecular weight is 397 g/mol. The van der Waals surface area contributed by atoms with E-state index in [0.29, 0.717) is 5.69 Å².